The van der Waals surface area contributed by atoms with Crippen molar-refractivity contribution in [1.29, 1.82) is 0 Å². The molecule has 1 saturated carbocycles. The molecule has 1 atom stereocenters. The molecular weight excluding hydrogens is 406 g/mol. The Balaban J connectivity index is 1.63. The van der Waals surface area contributed by atoms with Gasteiger partial charge < -0.3 is 24.3 Å². The van der Waals surface area contributed by atoms with Crippen LogP contribution in [0.3, 0.4) is 0 Å². The van der Waals surface area contributed by atoms with E-state index in [1.807, 2.05) is 54.6 Å². The highest BCUT2D eigenvalue weighted by Crippen LogP contribution is 2.50. The fourth-order valence-electron chi connectivity index (χ4n) is 4.17. The van der Waals surface area contributed by atoms with Crippen LogP contribution in [0.5, 0.6) is 23.0 Å². The number of carbonyl (C=O) groups excluding carboxylic acids is 1. The zero-order valence-electron chi connectivity index (χ0n) is 18.3. The predicted octanol–water partition coefficient (Wildman–Crippen LogP) is 5.21. The van der Waals surface area contributed by atoms with Gasteiger partial charge in [-0.15, -0.1) is 0 Å². The van der Waals surface area contributed by atoms with Gasteiger partial charge in [-0.25, -0.2) is 0 Å². The standard InChI is InChI=1S/C26H25NO5/c1-29-20-12-9-16(13-23(20)31-3)25-19-14-17(27-26(28)15-7-8-15)10-11-18(19)24-21(30-2)5-4-6-22(24)32-25/h4-6,9-15,25H,7-8H2,1-3H3,(H,27,28). The molecule has 0 radical (unpaired) electrons. The van der Waals surface area contributed by atoms with Gasteiger partial charge in [0.25, 0.3) is 0 Å². The van der Waals surface area contributed by atoms with E-state index >= 15 is 0 Å². The first kappa shape index (κ1) is 20.2. The summed E-state index contributed by atoms with van der Waals surface area (Å²) >= 11 is 0. The molecule has 164 valence electrons. The number of anilines is 1. The Morgan fingerprint density at radius 3 is 2.41 bits per heavy atom. The number of benzene rings is 3. The molecule has 0 aromatic heterocycles. The van der Waals surface area contributed by atoms with Crippen molar-refractivity contribution in [3.8, 4) is 34.1 Å². The first-order valence-corrected chi connectivity index (χ1v) is 10.6. The number of amides is 1. The Labute approximate surface area is 187 Å². The lowest BCUT2D eigenvalue weighted by Gasteiger charge is -2.31. The molecule has 0 bridgehead atoms. The molecule has 1 amide bonds. The smallest absolute Gasteiger partial charge is 0.227 e. The first-order chi connectivity index (χ1) is 15.6. The lowest BCUT2D eigenvalue weighted by molar-refractivity contribution is -0.117. The second-order valence-corrected chi connectivity index (χ2v) is 8.01. The van der Waals surface area contributed by atoms with Crippen LogP contribution >= 0.6 is 0 Å². The third-order valence-corrected chi connectivity index (χ3v) is 5.98. The summed E-state index contributed by atoms with van der Waals surface area (Å²) in [6.45, 7) is 0. The molecule has 6 heteroatoms. The van der Waals surface area contributed by atoms with E-state index in [1.54, 1.807) is 21.3 Å². The monoisotopic (exact) mass is 431 g/mol. The maximum absolute atomic E-state index is 12.4. The van der Waals surface area contributed by atoms with Gasteiger partial charge in [-0.1, -0.05) is 18.2 Å². The summed E-state index contributed by atoms with van der Waals surface area (Å²) in [4.78, 5) is 12.4. The molecule has 1 fully saturated rings. The van der Waals surface area contributed by atoms with Crippen LogP contribution in [0.4, 0.5) is 5.69 Å². The van der Waals surface area contributed by atoms with Gasteiger partial charge in [0, 0.05) is 22.7 Å². The average Bonchev–Trinajstić information content (AvgIpc) is 3.68. The van der Waals surface area contributed by atoms with Gasteiger partial charge >= 0.3 is 0 Å². The van der Waals surface area contributed by atoms with Crippen LogP contribution in [0, 0.1) is 5.92 Å². The Morgan fingerprint density at radius 2 is 1.69 bits per heavy atom. The Bertz CT molecular complexity index is 1180. The second-order valence-electron chi connectivity index (χ2n) is 8.01. The van der Waals surface area contributed by atoms with Gasteiger partial charge in [0.05, 0.1) is 26.9 Å². The second kappa shape index (κ2) is 8.11. The van der Waals surface area contributed by atoms with Crippen molar-refractivity contribution in [2.45, 2.75) is 18.9 Å². The summed E-state index contributed by atoms with van der Waals surface area (Å²) in [5, 5.41) is 3.05. The van der Waals surface area contributed by atoms with Gasteiger partial charge in [-0.3, -0.25) is 4.79 Å². The summed E-state index contributed by atoms with van der Waals surface area (Å²) in [7, 11) is 4.88. The summed E-state index contributed by atoms with van der Waals surface area (Å²) in [6.07, 6.45) is 1.53. The van der Waals surface area contributed by atoms with E-state index in [0.29, 0.717) is 11.5 Å². The van der Waals surface area contributed by atoms with Crippen molar-refractivity contribution in [2.75, 3.05) is 26.6 Å². The summed E-state index contributed by atoms with van der Waals surface area (Å²) < 4.78 is 23.0. The topological polar surface area (TPSA) is 66.0 Å². The molecule has 1 unspecified atom stereocenters. The maximum Gasteiger partial charge on any atom is 0.227 e. The number of ether oxygens (including phenoxy) is 4. The van der Waals surface area contributed by atoms with Gasteiger partial charge in [-0.2, -0.15) is 0 Å². The first-order valence-electron chi connectivity index (χ1n) is 10.6. The molecular formula is C26H25NO5. The predicted molar refractivity (Wildman–Crippen MR) is 122 cm³/mol. The quantitative estimate of drug-likeness (QED) is 0.580. The number of nitrogens with one attached hydrogen (secondary N) is 1. The fourth-order valence-corrected chi connectivity index (χ4v) is 4.17. The minimum Gasteiger partial charge on any atom is -0.496 e. The third-order valence-electron chi connectivity index (χ3n) is 5.98. The minimum atomic E-state index is -0.387. The van der Waals surface area contributed by atoms with Crippen LogP contribution in [-0.2, 0) is 4.79 Å². The van der Waals surface area contributed by atoms with Gasteiger partial charge in [0.1, 0.15) is 17.6 Å². The van der Waals surface area contributed by atoms with Gasteiger partial charge in [0.2, 0.25) is 5.91 Å². The van der Waals surface area contributed by atoms with E-state index in [-0.39, 0.29) is 17.9 Å². The zero-order valence-corrected chi connectivity index (χ0v) is 18.3. The molecule has 0 spiro atoms. The van der Waals surface area contributed by atoms with Crippen molar-refractivity contribution in [3.05, 3.63) is 65.7 Å². The van der Waals surface area contributed by atoms with Gasteiger partial charge in [0.15, 0.2) is 11.5 Å². The van der Waals surface area contributed by atoms with Crippen molar-refractivity contribution in [1.82, 2.24) is 0 Å². The van der Waals surface area contributed by atoms with Crippen LogP contribution in [0.1, 0.15) is 30.1 Å². The zero-order chi connectivity index (χ0) is 22.2. The number of hydrogen-bond acceptors (Lipinski definition) is 5. The maximum atomic E-state index is 12.4. The van der Waals surface area contributed by atoms with E-state index in [9.17, 15) is 4.79 Å². The normalized spacial score (nSPS) is 16.3. The molecule has 2 aliphatic rings. The summed E-state index contributed by atoms with van der Waals surface area (Å²) in [6, 6.07) is 17.5. The Morgan fingerprint density at radius 1 is 0.906 bits per heavy atom. The number of carbonyl (C=O) groups is 1. The Kier molecular flexibility index (Phi) is 5.13. The molecule has 5 rings (SSSR count). The van der Waals surface area contributed by atoms with Crippen LogP contribution in [0.2, 0.25) is 0 Å². The van der Waals surface area contributed by atoms with Crippen molar-refractivity contribution in [2.24, 2.45) is 5.92 Å². The molecule has 0 saturated heterocycles. The van der Waals surface area contributed by atoms with Gasteiger partial charge in [-0.05, 0) is 54.8 Å². The largest absolute Gasteiger partial charge is 0.496 e. The number of rotatable bonds is 6. The highest BCUT2D eigenvalue weighted by Gasteiger charge is 2.32. The van der Waals surface area contributed by atoms with Crippen LogP contribution < -0.4 is 24.3 Å². The summed E-state index contributed by atoms with van der Waals surface area (Å²) in [5.41, 5.74) is 4.54. The molecule has 1 aliphatic heterocycles. The summed E-state index contributed by atoms with van der Waals surface area (Å²) in [5.74, 6) is 2.97. The van der Waals surface area contributed by atoms with E-state index in [2.05, 4.69) is 5.32 Å². The third kappa shape index (κ3) is 3.51. The number of methoxy groups -OCH3 is 3. The lowest BCUT2D eigenvalue weighted by Crippen LogP contribution is -2.18. The van der Waals surface area contributed by atoms with Crippen molar-refractivity contribution >= 4 is 11.6 Å². The van der Waals surface area contributed by atoms with Crippen molar-refractivity contribution in [3.63, 3.8) is 0 Å². The lowest BCUT2D eigenvalue weighted by atomic mass is 9.88. The fraction of sp³-hybridized carbons (Fsp3) is 0.269. The number of fused-ring (bicyclic) bond motifs is 3. The van der Waals surface area contributed by atoms with Crippen LogP contribution in [0.15, 0.2) is 54.6 Å². The molecule has 1 heterocycles. The van der Waals surface area contributed by atoms with Crippen LogP contribution in [0.25, 0.3) is 11.1 Å². The van der Waals surface area contributed by atoms with Crippen molar-refractivity contribution < 1.29 is 23.7 Å². The molecule has 32 heavy (non-hydrogen) atoms. The van der Waals surface area contributed by atoms with E-state index in [1.165, 1.54) is 0 Å². The Hall–Kier alpha value is -3.67. The van der Waals surface area contributed by atoms with E-state index in [0.717, 1.165) is 52.3 Å². The minimum absolute atomic E-state index is 0.0716. The molecule has 6 nitrogen and oxygen atoms in total. The molecule has 3 aromatic carbocycles. The molecule has 3 aromatic rings. The average molecular weight is 431 g/mol. The molecule has 1 aliphatic carbocycles. The highest BCUT2D eigenvalue weighted by molar-refractivity contribution is 5.95. The SMILES string of the molecule is COc1ccc(C2Oc3cccc(OC)c3-c3ccc(NC(=O)C4CC4)cc32)cc1OC. The van der Waals surface area contributed by atoms with E-state index < -0.39 is 0 Å². The highest BCUT2D eigenvalue weighted by atomic mass is 16.5. The number of hydrogen-bond donors (Lipinski definition) is 1. The van der Waals surface area contributed by atoms with E-state index in [4.69, 9.17) is 18.9 Å². The molecule has 1 N–H and O–H groups in total. The van der Waals surface area contributed by atoms with Crippen LogP contribution in [-0.4, -0.2) is 27.2 Å².